The van der Waals surface area contributed by atoms with Crippen LogP contribution in [0.4, 0.5) is 4.79 Å². The SMILES string of the molecule is O=C(O)NCCOCCOCCOc1ccc(C=Cc2cc(O)cc(O)c2)cc1. The van der Waals surface area contributed by atoms with Crippen molar-refractivity contribution in [2.45, 2.75) is 0 Å². The van der Waals surface area contributed by atoms with E-state index < -0.39 is 6.09 Å². The van der Waals surface area contributed by atoms with Crippen molar-refractivity contribution in [2.24, 2.45) is 0 Å². The summed E-state index contributed by atoms with van der Waals surface area (Å²) >= 11 is 0. The number of nitrogens with one attached hydrogen (secondary N) is 1. The molecule has 0 saturated heterocycles. The van der Waals surface area contributed by atoms with Gasteiger partial charge in [0.2, 0.25) is 0 Å². The van der Waals surface area contributed by atoms with Gasteiger partial charge in [0.25, 0.3) is 0 Å². The van der Waals surface area contributed by atoms with Crippen LogP contribution in [0.5, 0.6) is 17.2 Å². The predicted octanol–water partition coefficient (Wildman–Crippen LogP) is 2.95. The van der Waals surface area contributed by atoms with E-state index in [9.17, 15) is 15.0 Å². The molecule has 0 bridgehead atoms. The van der Waals surface area contributed by atoms with Crippen LogP contribution in [0.25, 0.3) is 12.2 Å². The number of aromatic hydroxyl groups is 2. The Balaban J connectivity index is 1.60. The molecule has 0 saturated carbocycles. The van der Waals surface area contributed by atoms with Crippen molar-refractivity contribution in [2.75, 3.05) is 39.6 Å². The van der Waals surface area contributed by atoms with Gasteiger partial charge in [-0.05, 0) is 35.4 Å². The van der Waals surface area contributed by atoms with Crippen LogP contribution in [0.2, 0.25) is 0 Å². The van der Waals surface area contributed by atoms with Crippen LogP contribution in [0.3, 0.4) is 0 Å². The van der Waals surface area contributed by atoms with Gasteiger partial charge in [-0.2, -0.15) is 0 Å². The third-order valence-electron chi connectivity index (χ3n) is 3.66. The van der Waals surface area contributed by atoms with E-state index in [1.807, 2.05) is 30.3 Å². The number of ether oxygens (including phenoxy) is 3. The van der Waals surface area contributed by atoms with Gasteiger partial charge in [0.15, 0.2) is 0 Å². The monoisotopic (exact) mass is 403 g/mol. The van der Waals surface area contributed by atoms with E-state index in [1.165, 1.54) is 6.07 Å². The normalized spacial score (nSPS) is 10.9. The van der Waals surface area contributed by atoms with Crippen LogP contribution in [-0.2, 0) is 9.47 Å². The summed E-state index contributed by atoms with van der Waals surface area (Å²) in [5.74, 6) is 0.742. The van der Waals surface area contributed by atoms with Gasteiger partial charge >= 0.3 is 6.09 Å². The summed E-state index contributed by atoms with van der Waals surface area (Å²) < 4.78 is 16.2. The Morgan fingerprint density at radius 3 is 2.07 bits per heavy atom. The molecule has 0 aliphatic heterocycles. The largest absolute Gasteiger partial charge is 0.508 e. The van der Waals surface area contributed by atoms with Crippen molar-refractivity contribution in [1.82, 2.24) is 5.32 Å². The number of hydrogen-bond acceptors (Lipinski definition) is 6. The first kappa shape index (κ1) is 22.1. The van der Waals surface area contributed by atoms with Gasteiger partial charge in [-0.25, -0.2) is 4.79 Å². The van der Waals surface area contributed by atoms with Gasteiger partial charge in [0, 0.05) is 12.6 Å². The first-order chi connectivity index (χ1) is 14.0. The van der Waals surface area contributed by atoms with E-state index in [1.54, 1.807) is 18.2 Å². The smallest absolute Gasteiger partial charge is 0.404 e. The average Bonchev–Trinajstić information content (AvgIpc) is 2.68. The Morgan fingerprint density at radius 1 is 0.828 bits per heavy atom. The Bertz CT molecular complexity index is 770. The lowest BCUT2D eigenvalue weighted by Crippen LogP contribution is -2.25. The predicted molar refractivity (Wildman–Crippen MR) is 108 cm³/mol. The third kappa shape index (κ3) is 9.50. The Morgan fingerprint density at radius 2 is 1.41 bits per heavy atom. The number of rotatable bonds is 12. The van der Waals surface area contributed by atoms with Crippen molar-refractivity contribution < 1.29 is 34.3 Å². The molecule has 0 radical (unpaired) electrons. The molecule has 4 N–H and O–H groups in total. The standard InChI is InChI=1S/C21H25NO7/c23-18-13-17(14-19(24)15-18)2-1-16-3-5-20(6-4-16)29-12-11-28-10-9-27-8-7-22-21(25)26/h1-6,13-15,22-24H,7-12H2,(H,25,26). The summed E-state index contributed by atoms with van der Waals surface area (Å²) in [5, 5.41) is 29.6. The molecular weight excluding hydrogens is 378 g/mol. The number of phenols is 2. The molecule has 1 amide bonds. The summed E-state index contributed by atoms with van der Waals surface area (Å²) in [4.78, 5) is 10.2. The topological polar surface area (TPSA) is 117 Å². The molecule has 0 aliphatic rings. The second-order valence-electron chi connectivity index (χ2n) is 5.99. The maximum absolute atomic E-state index is 10.2. The van der Waals surface area contributed by atoms with Gasteiger partial charge < -0.3 is 34.8 Å². The molecule has 0 heterocycles. The van der Waals surface area contributed by atoms with Gasteiger partial charge in [-0.3, -0.25) is 0 Å². The van der Waals surface area contributed by atoms with E-state index in [4.69, 9.17) is 19.3 Å². The molecule has 0 atom stereocenters. The molecule has 156 valence electrons. The maximum atomic E-state index is 10.2. The second kappa shape index (κ2) is 12.3. The number of hydrogen-bond donors (Lipinski definition) is 4. The van der Waals surface area contributed by atoms with Crippen molar-refractivity contribution in [3.8, 4) is 17.2 Å². The van der Waals surface area contributed by atoms with E-state index >= 15 is 0 Å². The lowest BCUT2D eigenvalue weighted by molar-refractivity contribution is 0.0373. The fourth-order valence-corrected chi connectivity index (χ4v) is 2.35. The van der Waals surface area contributed by atoms with Crippen LogP contribution in [0.1, 0.15) is 11.1 Å². The molecule has 0 spiro atoms. The molecule has 0 aliphatic carbocycles. The third-order valence-corrected chi connectivity index (χ3v) is 3.66. The molecule has 0 fully saturated rings. The lowest BCUT2D eigenvalue weighted by atomic mass is 10.1. The van der Waals surface area contributed by atoms with Crippen molar-refractivity contribution >= 4 is 18.2 Å². The highest BCUT2D eigenvalue weighted by atomic mass is 16.5. The van der Waals surface area contributed by atoms with Crippen LogP contribution in [0.15, 0.2) is 42.5 Å². The second-order valence-corrected chi connectivity index (χ2v) is 5.99. The van der Waals surface area contributed by atoms with Gasteiger partial charge in [-0.1, -0.05) is 24.3 Å². The molecule has 0 unspecified atom stereocenters. The van der Waals surface area contributed by atoms with E-state index in [0.717, 1.165) is 11.3 Å². The first-order valence-corrected chi connectivity index (χ1v) is 9.09. The lowest BCUT2D eigenvalue weighted by Gasteiger charge is -2.08. The Hall–Kier alpha value is -3.23. The average molecular weight is 403 g/mol. The fraction of sp³-hybridized carbons (Fsp3) is 0.286. The van der Waals surface area contributed by atoms with Crippen molar-refractivity contribution in [3.63, 3.8) is 0 Å². The number of carboxylic acid groups (broad SMARTS) is 1. The fourth-order valence-electron chi connectivity index (χ4n) is 2.35. The summed E-state index contributed by atoms with van der Waals surface area (Å²) in [6, 6.07) is 11.9. The number of carbonyl (C=O) groups is 1. The van der Waals surface area contributed by atoms with Crippen molar-refractivity contribution in [1.29, 1.82) is 0 Å². The van der Waals surface area contributed by atoms with Crippen LogP contribution in [-0.4, -0.2) is 61.0 Å². The van der Waals surface area contributed by atoms with Gasteiger partial charge in [-0.15, -0.1) is 0 Å². The molecular formula is C21H25NO7. The minimum absolute atomic E-state index is 0.0115. The minimum Gasteiger partial charge on any atom is -0.508 e. The molecule has 2 aromatic carbocycles. The van der Waals surface area contributed by atoms with Gasteiger partial charge in [0.1, 0.15) is 23.9 Å². The van der Waals surface area contributed by atoms with Crippen LogP contribution < -0.4 is 10.1 Å². The van der Waals surface area contributed by atoms with E-state index in [2.05, 4.69) is 5.32 Å². The number of phenolic OH excluding ortho intramolecular Hbond substituents is 2. The summed E-state index contributed by atoms with van der Waals surface area (Å²) in [5.41, 5.74) is 1.65. The highest BCUT2D eigenvalue weighted by Crippen LogP contribution is 2.22. The molecule has 0 aromatic heterocycles. The molecule has 2 rings (SSSR count). The minimum atomic E-state index is -1.07. The van der Waals surface area contributed by atoms with E-state index in [-0.39, 0.29) is 18.0 Å². The van der Waals surface area contributed by atoms with Crippen LogP contribution >= 0.6 is 0 Å². The Kier molecular flexibility index (Phi) is 9.34. The van der Waals surface area contributed by atoms with Crippen LogP contribution in [0, 0.1) is 0 Å². The number of benzene rings is 2. The molecule has 29 heavy (non-hydrogen) atoms. The quantitative estimate of drug-likeness (QED) is 0.318. The van der Waals surface area contributed by atoms with Crippen molar-refractivity contribution in [3.05, 3.63) is 53.6 Å². The zero-order valence-corrected chi connectivity index (χ0v) is 15.9. The number of amides is 1. The summed E-state index contributed by atoms with van der Waals surface area (Å²) in [7, 11) is 0. The van der Waals surface area contributed by atoms with Gasteiger partial charge in [0.05, 0.1) is 26.4 Å². The van der Waals surface area contributed by atoms with E-state index in [0.29, 0.717) is 38.6 Å². The summed E-state index contributed by atoms with van der Waals surface area (Å²) in [6.45, 7) is 2.17. The zero-order chi connectivity index (χ0) is 20.9. The molecule has 8 nitrogen and oxygen atoms in total. The maximum Gasteiger partial charge on any atom is 0.404 e. The highest BCUT2D eigenvalue weighted by molar-refractivity contribution is 5.71. The first-order valence-electron chi connectivity index (χ1n) is 9.09. The molecule has 2 aromatic rings. The summed E-state index contributed by atoms with van der Waals surface area (Å²) in [6.07, 6.45) is 2.60. The molecule has 8 heteroatoms. The highest BCUT2D eigenvalue weighted by Gasteiger charge is 1.98. The Labute approximate surface area is 169 Å². The zero-order valence-electron chi connectivity index (χ0n) is 15.9.